The molecule has 0 atom stereocenters. The molecule has 0 spiro atoms. The lowest BCUT2D eigenvalue weighted by Gasteiger charge is -2.39. The van der Waals surface area contributed by atoms with Gasteiger partial charge in [-0.05, 0) is 81.2 Å². The number of carbonyl (C=O) groups is 2. The third kappa shape index (κ3) is 7.58. The molecule has 2 aliphatic rings. The van der Waals surface area contributed by atoms with Gasteiger partial charge in [0.15, 0.2) is 0 Å². The van der Waals surface area contributed by atoms with Crippen molar-refractivity contribution in [2.75, 3.05) is 50.5 Å². The van der Waals surface area contributed by atoms with Gasteiger partial charge in [0.05, 0.1) is 24.1 Å². The molecule has 0 unspecified atom stereocenters. The van der Waals surface area contributed by atoms with Crippen molar-refractivity contribution in [3.05, 3.63) is 107 Å². The number of piperidine rings is 1. The third-order valence-corrected chi connectivity index (χ3v) is 9.63. The van der Waals surface area contributed by atoms with Crippen LogP contribution < -0.4 is 10.2 Å². The van der Waals surface area contributed by atoms with Crippen molar-refractivity contribution in [2.24, 2.45) is 7.05 Å². The van der Waals surface area contributed by atoms with Crippen molar-refractivity contribution in [3.8, 4) is 0 Å². The van der Waals surface area contributed by atoms with E-state index in [1.54, 1.807) is 4.68 Å². The minimum absolute atomic E-state index is 0.0589. The molecule has 0 radical (unpaired) electrons. The van der Waals surface area contributed by atoms with E-state index in [1.807, 2.05) is 72.4 Å². The van der Waals surface area contributed by atoms with E-state index in [9.17, 15) is 9.59 Å². The fourth-order valence-corrected chi connectivity index (χ4v) is 6.82. The van der Waals surface area contributed by atoms with Crippen LogP contribution >= 0.6 is 0 Å². The van der Waals surface area contributed by atoms with Gasteiger partial charge in [0.1, 0.15) is 5.82 Å². The van der Waals surface area contributed by atoms with Gasteiger partial charge in [-0.3, -0.25) is 19.2 Å². The molecule has 2 amide bonds. The minimum atomic E-state index is -0.0589. The summed E-state index contributed by atoms with van der Waals surface area (Å²) in [5.74, 6) is 1.05. The number of anilines is 3. The average molecular weight is 634 g/mol. The molecule has 246 valence electrons. The molecule has 1 N–H and O–H groups in total. The molecule has 1 aromatic heterocycles. The number of benzene rings is 3. The maximum Gasteiger partial charge on any atom is 0.258 e. The Kier molecular flexibility index (Phi) is 10.0. The molecule has 9 heteroatoms. The molecule has 3 aromatic carbocycles. The maximum atomic E-state index is 13.9. The highest BCUT2D eigenvalue weighted by Crippen LogP contribution is 2.36. The summed E-state index contributed by atoms with van der Waals surface area (Å²) in [5.41, 5.74) is 6.78. The summed E-state index contributed by atoms with van der Waals surface area (Å²) in [6, 6.07) is 24.9. The average Bonchev–Trinajstić information content (AvgIpc) is 3.33. The van der Waals surface area contributed by atoms with Crippen molar-refractivity contribution in [1.82, 2.24) is 24.5 Å². The zero-order chi connectivity index (χ0) is 32.9. The Morgan fingerprint density at radius 3 is 2.45 bits per heavy atom. The number of hydrogen-bond donors (Lipinski definition) is 1. The van der Waals surface area contributed by atoms with E-state index >= 15 is 0 Å². The highest BCUT2D eigenvalue weighted by atomic mass is 16.2. The van der Waals surface area contributed by atoms with Gasteiger partial charge in [0.2, 0.25) is 5.91 Å². The molecule has 47 heavy (non-hydrogen) atoms. The second kappa shape index (κ2) is 14.5. The van der Waals surface area contributed by atoms with Crippen LogP contribution in [0, 0.1) is 6.92 Å². The van der Waals surface area contributed by atoms with Crippen molar-refractivity contribution in [2.45, 2.75) is 51.7 Å². The number of aryl methyl sites for hydroxylation is 3. The Bertz CT molecular complexity index is 1690. The van der Waals surface area contributed by atoms with E-state index in [0.29, 0.717) is 31.0 Å². The molecule has 0 saturated carbocycles. The zero-order valence-electron chi connectivity index (χ0n) is 28.2. The second-order valence-corrected chi connectivity index (χ2v) is 13.2. The van der Waals surface area contributed by atoms with E-state index in [-0.39, 0.29) is 11.8 Å². The van der Waals surface area contributed by atoms with Crippen LogP contribution in [0.2, 0.25) is 0 Å². The number of para-hydroxylation sites is 2. The maximum absolute atomic E-state index is 13.9. The van der Waals surface area contributed by atoms with Crippen molar-refractivity contribution in [3.63, 3.8) is 0 Å². The van der Waals surface area contributed by atoms with Gasteiger partial charge < -0.3 is 20.0 Å². The number of likely N-dealkylation sites (tertiary alicyclic amines) is 1. The molecule has 4 aromatic rings. The van der Waals surface area contributed by atoms with E-state index in [0.717, 1.165) is 79.4 Å². The third-order valence-electron chi connectivity index (χ3n) is 9.63. The Labute approximate surface area is 278 Å². The largest absolute Gasteiger partial charge is 0.343 e. The predicted molar refractivity (Wildman–Crippen MR) is 188 cm³/mol. The Balaban J connectivity index is 1.06. The normalized spacial score (nSPS) is 14.9. The lowest BCUT2D eigenvalue weighted by molar-refractivity contribution is -0.132. The van der Waals surface area contributed by atoms with Crippen LogP contribution in [0.1, 0.15) is 51.9 Å². The van der Waals surface area contributed by atoms with E-state index in [4.69, 9.17) is 0 Å². The van der Waals surface area contributed by atoms with E-state index in [2.05, 4.69) is 64.6 Å². The van der Waals surface area contributed by atoms with Gasteiger partial charge in [0.25, 0.3) is 5.91 Å². The number of nitrogens with one attached hydrogen (secondary N) is 1. The lowest BCUT2D eigenvalue weighted by atomic mass is 9.98. The predicted octanol–water partition coefficient (Wildman–Crippen LogP) is 5.62. The number of aromatic nitrogens is 2. The van der Waals surface area contributed by atoms with Crippen molar-refractivity contribution < 1.29 is 9.59 Å². The van der Waals surface area contributed by atoms with E-state index < -0.39 is 0 Å². The second-order valence-electron chi connectivity index (χ2n) is 13.2. The topological polar surface area (TPSA) is 76.9 Å². The standard InChI is InChI=1S/C38H47N7O2/c1-28-24-31(38(47)45-27-32-25-39-42(4)37(32)40-34-12-8-9-13-35(34)45)15-14-30(28)16-17-36(46)43-20-18-33(19-21-43)44(23-22-41(2)3)26-29-10-6-5-7-11-29/h5-15,24-25,33,40H,16-23,26-27H2,1-4H3. The van der Waals surface area contributed by atoms with Crippen LogP contribution in [0.15, 0.2) is 79.0 Å². The van der Waals surface area contributed by atoms with Crippen LogP contribution in [0.3, 0.4) is 0 Å². The van der Waals surface area contributed by atoms with Crippen LogP contribution in [-0.4, -0.2) is 82.6 Å². The summed E-state index contributed by atoms with van der Waals surface area (Å²) in [6.45, 7) is 7.04. The number of fused-ring (bicyclic) bond motifs is 2. The van der Waals surface area contributed by atoms with Gasteiger partial charge in [-0.25, -0.2) is 0 Å². The number of hydrogen-bond acceptors (Lipinski definition) is 6. The fourth-order valence-electron chi connectivity index (χ4n) is 6.82. The number of likely N-dealkylation sites (N-methyl/N-ethyl adjacent to an activating group) is 1. The smallest absolute Gasteiger partial charge is 0.258 e. The first kappa shape index (κ1) is 32.5. The van der Waals surface area contributed by atoms with Gasteiger partial charge in [0, 0.05) is 63.4 Å². The monoisotopic (exact) mass is 633 g/mol. The summed E-state index contributed by atoms with van der Waals surface area (Å²) < 4.78 is 1.80. The molecule has 1 fully saturated rings. The summed E-state index contributed by atoms with van der Waals surface area (Å²) >= 11 is 0. The number of carbonyl (C=O) groups excluding carboxylic acids is 2. The van der Waals surface area contributed by atoms with Gasteiger partial charge in [-0.1, -0.05) is 48.5 Å². The first-order valence-electron chi connectivity index (χ1n) is 16.8. The SMILES string of the molecule is Cc1cc(C(=O)N2Cc3cnn(C)c3Nc3ccccc32)ccc1CCC(=O)N1CCC(N(CCN(C)C)Cc2ccccc2)CC1. The summed E-state index contributed by atoms with van der Waals surface area (Å²) in [6.07, 6.45) is 4.95. The number of amides is 2. The lowest BCUT2D eigenvalue weighted by Crippen LogP contribution is -2.48. The fraction of sp³-hybridized carbons (Fsp3) is 0.395. The zero-order valence-corrected chi connectivity index (χ0v) is 28.2. The van der Waals surface area contributed by atoms with Crippen LogP contribution in [0.25, 0.3) is 0 Å². The molecule has 0 bridgehead atoms. The molecule has 2 aliphatic heterocycles. The molecule has 3 heterocycles. The highest BCUT2D eigenvalue weighted by Gasteiger charge is 2.28. The molecule has 6 rings (SSSR count). The Morgan fingerprint density at radius 2 is 1.70 bits per heavy atom. The van der Waals surface area contributed by atoms with Crippen LogP contribution in [-0.2, 0) is 31.4 Å². The Morgan fingerprint density at radius 1 is 0.957 bits per heavy atom. The van der Waals surface area contributed by atoms with Crippen molar-refractivity contribution in [1.29, 1.82) is 0 Å². The van der Waals surface area contributed by atoms with Gasteiger partial charge in [-0.15, -0.1) is 0 Å². The van der Waals surface area contributed by atoms with Crippen molar-refractivity contribution >= 4 is 29.0 Å². The number of rotatable bonds is 10. The first-order chi connectivity index (χ1) is 22.8. The molecule has 9 nitrogen and oxygen atoms in total. The van der Waals surface area contributed by atoms with E-state index in [1.165, 1.54) is 5.56 Å². The molecule has 1 saturated heterocycles. The summed E-state index contributed by atoms with van der Waals surface area (Å²) in [7, 11) is 6.15. The number of nitrogens with zero attached hydrogens (tertiary/aromatic N) is 6. The van der Waals surface area contributed by atoms with Gasteiger partial charge in [-0.2, -0.15) is 5.10 Å². The quantitative estimate of drug-likeness (QED) is 0.244. The highest BCUT2D eigenvalue weighted by molar-refractivity contribution is 6.08. The summed E-state index contributed by atoms with van der Waals surface area (Å²) in [4.78, 5) is 36.0. The van der Waals surface area contributed by atoms with Crippen LogP contribution in [0.4, 0.5) is 17.2 Å². The molecular weight excluding hydrogens is 586 g/mol. The summed E-state index contributed by atoms with van der Waals surface area (Å²) in [5, 5.41) is 7.85. The molecule has 0 aliphatic carbocycles. The first-order valence-corrected chi connectivity index (χ1v) is 16.8. The van der Waals surface area contributed by atoms with Gasteiger partial charge >= 0.3 is 0 Å². The Hall–Kier alpha value is -4.47. The van der Waals surface area contributed by atoms with Crippen LogP contribution in [0.5, 0.6) is 0 Å². The molecular formula is C38H47N7O2. The minimum Gasteiger partial charge on any atom is -0.343 e.